The Morgan fingerprint density at radius 2 is 1.64 bits per heavy atom. The van der Waals surface area contributed by atoms with Gasteiger partial charge in [-0.25, -0.2) is 4.79 Å². The van der Waals surface area contributed by atoms with E-state index >= 15 is 0 Å². The number of hydrogen-bond donors (Lipinski definition) is 1. The molecule has 2 amide bonds. The summed E-state index contributed by atoms with van der Waals surface area (Å²) in [5, 5.41) is 3.20. The molecule has 5 nitrogen and oxygen atoms in total. The van der Waals surface area contributed by atoms with Crippen LogP contribution in [-0.2, 0) is 9.53 Å². The van der Waals surface area contributed by atoms with Gasteiger partial charge in [0.2, 0.25) is 5.91 Å². The first kappa shape index (κ1) is 15.6. The van der Waals surface area contributed by atoms with Gasteiger partial charge in [0, 0.05) is 24.0 Å². The molecule has 0 radical (unpaired) electrons. The monoisotopic (exact) mass is 308 g/mol. The average Bonchev–Trinajstić information content (AvgIpc) is 3.04. The van der Waals surface area contributed by atoms with Crippen molar-refractivity contribution in [2.24, 2.45) is 11.8 Å². The van der Waals surface area contributed by atoms with E-state index in [1.165, 1.54) is 0 Å². The van der Waals surface area contributed by atoms with Crippen molar-refractivity contribution in [1.29, 1.82) is 0 Å². The Bertz CT molecular complexity index is 457. The summed E-state index contributed by atoms with van der Waals surface area (Å²) in [5.74, 6) is 0.975. The molecule has 2 aliphatic heterocycles. The fourth-order valence-electron chi connectivity index (χ4n) is 3.90. The number of carbonyl (C=O) groups excluding carboxylic acids is 2. The number of rotatable bonds is 2. The van der Waals surface area contributed by atoms with E-state index in [4.69, 9.17) is 4.74 Å². The fraction of sp³-hybridized carbons (Fsp3) is 0.882. The Kier molecular flexibility index (Phi) is 3.86. The van der Waals surface area contributed by atoms with E-state index in [0.29, 0.717) is 5.92 Å². The molecule has 2 saturated heterocycles. The molecule has 5 atom stereocenters. The van der Waals surface area contributed by atoms with E-state index in [1.807, 2.05) is 25.7 Å². The van der Waals surface area contributed by atoms with Crippen molar-refractivity contribution < 1.29 is 14.3 Å². The number of nitrogens with zero attached hydrogens (tertiary/aromatic N) is 1. The molecule has 2 heterocycles. The van der Waals surface area contributed by atoms with E-state index in [2.05, 4.69) is 12.2 Å². The summed E-state index contributed by atoms with van der Waals surface area (Å²) >= 11 is 0. The van der Waals surface area contributed by atoms with E-state index in [-0.39, 0.29) is 36.0 Å². The summed E-state index contributed by atoms with van der Waals surface area (Å²) in [4.78, 5) is 26.4. The zero-order valence-corrected chi connectivity index (χ0v) is 14.1. The maximum absolute atomic E-state index is 12.4. The van der Waals surface area contributed by atoms with Crippen LogP contribution in [0.1, 0.15) is 59.8 Å². The molecular weight excluding hydrogens is 280 g/mol. The lowest BCUT2D eigenvalue weighted by Gasteiger charge is -2.39. The molecule has 1 aliphatic carbocycles. The number of amides is 2. The van der Waals surface area contributed by atoms with Crippen LogP contribution >= 0.6 is 0 Å². The van der Waals surface area contributed by atoms with Crippen molar-refractivity contribution in [2.75, 3.05) is 0 Å². The highest BCUT2D eigenvalue weighted by molar-refractivity contribution is 5.81. The highest BCUT2D eigenvalue weighted by Gasteiger charge is 2.46. The third-order valence-corrected chi connectivity index (χ3v) is 5.13. The van der Waals surface area contributed by atoms with Crippen molar-refractivity contribution in [2.45, 2.75) is 83.5 Å². The predicted octanol–water partition coefficient (Wildman–Crippen LogP) is 2.69. The highest BCUT2D eigenvalue weighted by atomic mass is 16.6. The first-order valence-electron chi connectivity index (χ1n) is 8.56. The largest absolute Gasteiger partial charge is 0.444 e. The highest BCUT2D eigenvalue weighted by Crippen LogP contribution is 2.40. The number of fused-ring (bicyclic) bond motifs is 2. The topological polar surface area (TPSA) is 58.6 Å². The molecule has 0 aromatic rings. The number of piperidine rings is 1. The SMILES string of the molecule is C[C@H]1C[C@@H]1C(=O)NC1C[C@H]2CC[C@@H](C1)N2C(=O)OC(C)(C)C. The Balaban J connectivity index is 1.57. The molecule has 124 valence electrons. The zero-order chi connectivity index (χ0) is 16.1. The van der Waals surface area contributed by atoms with E-state index < -0.39 is 5.60 Å². The smallest absolute Gasteiger partial charge is 0.410 e. The molecule has 0 spiro atoms. The molecular formula is C17H28N2O3. The van der Waals surface area contributed by atoms with E-state index in [9.17, 15) is 9.59 Å². The average molecular weight is 308 g/mol. The fourth-order valence-corrected chi connectivity index (χ4v) is 3.90. The molecule has 5 heteroatoms. The lowest BCUT2D eigenvalue weighted by molar-refractivity contribution is -0.123. The molecule has 0 aromatic carbocycles. The normalized spacial score (nSPS) is 36.9. The van der Waals surface area contributed by atoms with Crippen molar-refractivity contribution in [3.05, 3.63) is 0 Å². The van der Waals surface area contributed by atoms with E-state index in [0.717, 1.165) is 32.1 Å². The quantitative estimate of drug-likeness (QED) is 0.853. The van der Waals surface area contributed by atoms with Crippen LogP contribution in [-0.4, -0.2) is 40.6 Å². The van der Waals surface area contributed by atoms with Crippen LogP contribution in [0.3, 0.4) is 0 Å². The molecule has 3 aliphatic rings. The third-order valence-electron chi connectivity index (χ3n) is 5.13. The second-order valence-electron chi connectivity index (χ2n) is 8.27. The van der Waals surface area contributed by atoms with Gasteiger partial charge in [-0.15, -0.1) is 0 Å². The maximum atomic E-state index is 12.4. The molecule has 22 heavy (non-hydrogen) atoms. The minimum absolute atomic E-state index is 0.194. The van der Waals surface area contributed by atoms with Gasteiger partial charge in [0.15, 0.2) is 0 Å². The van der Waals surface area contributed by atoms with Crippen LogP contribution in [0, 0.1) is 11.8 Å². The number of nitrogens with one attached hydrogen (secondary N) is 1. The Hall–Kier alpha value is -1.26. The van der Waals surface area contributed by atoms with Gasteiger partial charge < -0.3 is 15.0 Å². The first-order valence-corrected chi connectivity index (χ1v) is 8.56. The molecule has 1 unspecified atom stereocenters. The number of hydrogen-bond acceptors (Lipinski definition) is 3. The van der Waals surface area contributed by atoms with Gasteiger partial charge in [0.05, 0.1) is 0 Å². The van der Waals surface area contributed by atoms with Crippen molar-refractivity contribution >= 4 is 12.0 Å². The minimum atomic E-state index is -0.455. The molecule has 2 bridgehead atoms. The van der Waals surface area contributed by atoms with Gasteiger partial charge in [-0.3, -0.25) is 4.79 Å². The van der Waals surface area contributed by atoms with Crippen LogP contribution in [0.4, 0.5) is 4.79 Å². The first-order chi connectivity index (χ1) is 10.2. The summed E-state index contributed by atoms with van der Waals surface area (Å²) in [6.45, 7) is 7.82. The molecule has 1 N–H and O–H groups in total. The van der Waals surface area contributed by atoms with Crippen LogP contribution in [0.15, 0.2) is 0 Å². The Morgan fingerprint density at radius 1 is 1.09 bits per heavy atom. The molecule has 1 saturated carbocycles. The maximum Gasteiger partial charge on any atom is 0.410 e. The summed E-state index contributed by atoms with van der Waals surface area (Å²) < 4.78 is 5.54. The zero-order valence-electron chi connectivity index (χ0n) is 14.1. The van der Waals surface area contributed by atoms with Crippen molar-refractivity contribution in [3.63, 3.8) is 0 Å². The van der Waals surface area contributed by atoms with Gasteiger partial charge in [-0.1, -0.05) is 6.92 Å². The minimum Gasteiger partial charge on any atom is -0.444 e. The molecule has 0 aromatic heterocycles. The number of ether oxygens (including phenoxy) is 1. The van der Waals surface area contributed by atoms with Crippen LogP contribution in [0.5, 0.6) is 0 Å². The van der Waals surface area contributed by atoms with Gasteiger partial charge in [-0.2, -0.15) is 0 Å². The molecule has 3 rings (SSSR count). The van der Waals surface area contributed by atoms with Crippen molar-refractivity contribution in [3.8, 4) is 0 Å². The second kappa shape index (κ2) is 5.43. The van der Waals surface area contributed by atoms with Gasteiger partial charge in [0.25, 0.3) is 0 Å². The third kappa shape index (κ3) is 3.23. The van der Waals surface area contributed by atoms with Gasteiger partial charge in [0.1, 0.15) is 5.60 Å². The second-order valence-corrected chi connectivity index (χ2v) is 8.27. The van der Waals surface area contributed by atoms with Gasteiger partial charge in [-0.05, 0) is 58.8 Å². The lowest BCUT2D eigenvalue weighted by Crippen LogP contribution is -2.53. The van der Waals surface area contributed by atoms with Crippen LogP contribution < -0.4 is 5.32 Å². The molecule has 3 fully saturated rings. The van der Waals surface area contributed by atoms with Gasteiger partial charge >= 0.3 is 6.09 Å². The Labute approximate surface area is 132 Å². The summed E-state index contributed by atoms with van der Waals surface area (Å²) in [5.41, 5.74) is -0.455. The van der Waals surface area contributed by atoms with Crippen LogP contribution in [0.2, 0.25) is 0 Å². The van der Waals surface area contributed by atoms with E-state index in [1.54, 1.807) is 0 Å². The Morgan fingerprint density at radius 3 is 2.09 bits per heavy atom. The summed E-state index contributed by atoms with van der Waals surface area (Å²) in [6.07, 6.45) is 4.60. The van der Waals surface area contributed by atoms with Crippen molar-refractivity contribution in [1.82, 2.24) is 10.2 Å². The summed E-state index contributed by atoms with van der Waals surface area (Å²) in [6, 6.07) is 0.655. The van der Waals surface area contributed by atoms with Crippen LogP contribution in [0.25, 0.3) is 0 Å². The predicted molar refractivity (Wildman–Crippen MR) is 83.3 cm³/mol. The number of carbonyl (C=O) groups is 2. The lowest BCUT2D eigenvalue weighted by atomic mass is 9.97. The standard InChI is InChI=1S/C17H28N2O3/c1-10-7-14(10)15(20)18-11-8-12-5-6-13(9-11)19(12)16(21)22-17(2,3)4/h10-14H,5-9H2,1-4H3,(H,18,20)/t10-,11?,12-,13+,14-/m0/s1. The summed E-state index contributed by atoms with van der Waals surface area (Å²) in [7, 11) is 0.